The predicted molar refractivity (Wildman–Crippen MR) is 77.4 cm³/mol. The number of aromatic amines is 1. The molecule has 0 saturated heterocycles. The number of hydrogen-bond donors (Lipinski definition) is 4. The average Bonchev–Trinajstić information content (AvgIpc) is 2.78. The van der Waals surface area contributed by atoms with Gasteiger partial charge in [-0.25, -0.2) is 9.59 Å². The zero-order chi connectivity index (χ0) is 16.2. The standard InChI is InChI=1S/C13H20N4O4/c1-7(11(18)14-3)6-17(4)13(21)16-9-5-8(2)15-10(9)12(19)20/h5,7,15H,6H2,1-4H3,(H,14,18)(H,16,21)(H,19,20). The number of aromatic carboxylic acids is 1. The lowest BCUT2D eigenvalue weighted by molar-refractivity contribution is -0.124. The summed E-state index contributed by atoms with van der Waals surface area (Å²) in [5, 5.41) is 14.1. The highest BCUT2D eigenvalue weighted by Crippen LogP contribution is 2.17. The van der Waals surface area contributed by atoms with Crippen LogP contribution in [0.2, 0.25) is 0 Å². The summed E-state index contributed by atoms with van der Waals surface area (Å²) in [5.74, 6) is -1.68. The van der Waals surface area contributed by atoms with Crippen molar-refractivity contribution in [3.8, 4) is 0 Å². The fourth-order valence-electron chi connectivity index (χ4n) is 1.89. The van der Waals surface area contributed by atoms with Gasteiger partial charge < -0.3 is 25.6 Å². The topological polar surface area (TPSA) is 115 Å². The summed E-state index contributed by atoms with van der Waals surface area (Å²) in [6.07, 6.45) is 0. The van der Waals surface area contributed by atoms with Crippen LogP contribution in [0.15, 0.2) is 6.07 Å². The number of nitrogens with one attached hydrogen (secondary N) is 3. The monoisotopic (exact) mass is 296 g/mol. The largest absolute Gasteiger partial charge is 0.477 e. The average molecular weight is 296 g/mol. The van der Waals surface area contributed by atoms with Crippen LogP contribution in [-0.2, 0) is 4.79 Å². The Bertz CT molecular complexity index is 552. The first-order chi connectivity index (χ1) is 9.76. The van der Waals surface area contributed by atoms with E-state index in [2.05, 4.69) is 15.6 Å². The normalized spacial score (nSPS) is 11.6. The van der Waals surface area contributed by atoms with Crippen LogP contribution < -0.4 is 10.6 Å². The Morgan fingerprint density at radius 2 is 2.05 bits per heavy atom. The van der Waals surface area contributed by atoms with Gasteiger partial charge in [-0.05, 0) is 13.0 Å². The second-order valence-electron chi connectivity index (χ2n) is 4.87. The molecule has 1 rings (SSSR count). The van der Waals surface area contributed by atoms with Crippen molar-refractivity contribution in [1.29, 1.82) is 0 Å². The number of rotatable bonds is 5. The molecule has 1 aromatic rings. The number of H-pyrrole nitrogens is 1. The molecule has 0 aliphatic rings. The molecule has 0 fully saturated rings. The number of carbonyl (C=O) groups excluding carboxylic acids is 2. The molecule has 21 heavy (non-hydrogen) atoms. The van der Waals surface area contributed by atoms with Gasteiger partial charge in [-0.15, -0.1) is 0 Å². The molecule has 3 amide bonds. The molecule has 1 heterocycles. The number of amides is 3. The highest BCUT2D eigenvalue weighted by atomic mass is 16.4. The summed E-state index contributed by atoms with van der Waals surface area (Å²) >= 11 is 0. The number of carboxylic acids is 1. The smallest absolute Gasteiger partial charge is 0.354 e. The molecule has 1 unspecified atom stereocenters. The Balaban J connectivity index is 2.73. The maximum atomic E-state index is 12.0. The van der Waals surface area contributed by atoms with E-state index in [1.165, 1.54) is 25.1 Å². The third kappa shape index (κ3) is 4.23. The van der Waals surface area contributed by atoms with Crippen molar-refractivity contribution < 1.29 is 19.5 Å². The first-order valence-corrected chi connectivity index (χ1v) is 6.42. The van der Waals surface area contributed by atoms with Gasteiger partial charge >= 0.3 is 12.0 Å². The summed E-state index contributed by atoms with van der Waals surface area (Å²) in [6.45, 7) is 3.61. The van der Waals surface area contributed by atoms with E-state index in [0.717, 1.165) is 0 Å². The number of hydrogen-bond acceptors (Lipinski definition) is 3. The summed E-state index contributed by atoms with van der Waals surface area (Å²) in [4.78, 5) is 38.5. The maximum absolute atomic E-state index is 12.0. The van der Waals surface area contributed by atoms with Gasteiger partial charge in [-0.2, -0.15) is 0 Å². The van der Waals surface area contributed by atoms with E-state index in [1.807, 2.05) is 0 Å². The molecule has 8 heteroatoms. The number of nitrogens with zero attached hydrogens (tertiary/aromatic N) is 1. The quantitative estimate of drug-likeness (QED) is 0.645. The Labute approximate surface area is 122 Å². The van der Waals surface area contributed by atoms with Crippen molar-refractivity contribution in [3.05, 3.63) is 17.5 Å². The van der Waals surface area contributed by atoms with Gasteiger partial charge in [0.25, 0.3) is 0 Å². The molecule has 0 aliphatic heterocycles. The van der Waals surface area contributed by atoms with Crippen molar-refractivity contribution in [3.63, 3.8) is 0 Å². The van der Waals surface area contributed by atoms with Crippen LogP contribution in [0, 0.1) is 12.8 Å². The van der Waals surface area contributed by atoms with Crippen LogP contribution in [-0.4, -0.2) is 53.5 Å². The molecule has 0 spiro atoms. The number of carbonyl (C=O) groups is 3. The third-order valence-corrected chi connectivity index (χ3v) is 3.00. The van der Waals surface area contributed by atoms with Gasteiger partial charge in [0.15, 0.2) is 0 Å². The van der Waals surface area contributed by atoms with E-state index >= 15 is 0 Å². The first kappa shape index (κ1) is 16.5. The van der Waals surface area contributed by atoms with Crippen molar-refractivity contribution in [2.24, 2.45) is 5.92 Å². The first-order valence-electron chi connectivity index (χ1n) is 6.42. The van der Waals surface area contributed by atoms with Crippen molar-refractivity contribution in [2.45, 2.75) is 13.8 Å². The van der Waals surface area contributed by atoms with Crippen LogP contribution in [0.3, 0.4) is 0 Å². The number of aryl methyl sites for hydroxylation is 1. The lowest BCUT2D eigenvalue weighted by Crippen LogP contribution is -2.39. The Kier molecular flexibility index (Phi) is 5.34. The summed E-state index contributed by atoms with van der Waals surface area (Å²) in [5.41, 5.74) is 0.752. The molecule has 0 aliphatic carbocycles. The van der Waals surface area contributed by atoms with Gasteiger partial charge in [-0.1, -0.05) is 6.92 Å². The maximum Gasteiger partial charge on any atom is 0.354 e. The van der Waals surface area contributed by atoms with Gasteiger partial charge in [-0.3, -0.25) is 4.79 Å². The number of anilines is 1. The molecular weight excluding hydrogens is 276 g/mol. The molecule has 0 bridgehead atoms. The van der Waals surface area contributed by atoms with Crippen LogP contribution in [0.5, 0.6) is 0 Å². The minimum absolute atomic E-state index is 0.0754. The minimum atomic E-state index is -1.15. The molecule has 0 saturated carbocycles. The second-order valence-corrected chi connectivity index (χ2v) is 4.87. The summed E-state index contributed by atoms with van der Waals surface area (Å²) < 4.78 is 0. The van der Waals surface area contributed by atoms with E-state index < -0.39 is 12.0 Å². The van der Waals surface area contributed by atoms with Crippen LogP contribution in [0.1, 0.15) is 23.1 Å². The lowest BCUT2D eigenvalue weighted by atomic mass is 10.1. The molecule has 0 radical (unpaired) electrons. The molecular formula is C13H20N4O4. The zero-order valence-corrected chi connectivity index (χ0v) is 12.5. The number of aromatic nitrogens is 1. The van der Waals surface area contributed by atoms with Crippen molar-refractivity contribution in [1.82, 2.24) is 15.2 Å². The van der Waals surface area contributed by atoms with E-state index in [4.69, 9.17) is 5.11 Å². The summed E-state index contributed by atoms with van der Waals surface area (Å²) in [7, 11) is 3.06. The molecule has 116 valence electrons. The van der Waals surface area contributed by atoms with E-state index in [1.54, 1.807) is 13.8 Å². The fraction of sp³-hybridized carbons (Fsp3) is 0.462. The number of carboxylic acid groups (broad SMARTS) is 1. The van der Waals surface area contributed by atoms with E-state index in [9.17, 15) is 14.4 Å². The van der Waals surface area contributed by atoms with Gasteiger partial charge in [0.1, 0.15) is 5.69 Å². The molecule has 4 N–H and O–H groups in total. The fourth-order valence-corrected chi connectivity index (χ4v) is 1.89. The van der Waals surface area contributed by atoms with Crippen LogP contribution >= 0.6 is 0 Å². The van der Waals surface area contributed by atoms with E-state index in [-0.39, 0.29) is 29.8 Å². The van der Waals surface area contributed by atoms with Gasteiger partial charge in [0.05, 0.1) is 11.6 Å². The third-order valence-electron chi connectivity index (χ3n) is 3.00. The minimum Gasteiger partial charge on any atom is -0.477 e. The Morgan fingerprint density at radius 3 is 2.57 bits per heavy atom. The highest BCUT2D eigenvalue weighted by molar-refractivity contribution is 5.99. The lowest BCUT2D eigenvalue weighted by Gasteiger charge is -2.21. The predicted octanol–water partition coefficient (Wildman–Crippen LogP) is 0.867. The van der Waals surface area contributed by atoms with E-state index in [0.29, 0.717) is 5.69 Å². The van der Waals surface area contributed by atoms with Crippen LogP contribution in [0.25, 0.3) is 0 Å². The molecule has 8 nitrogen and oxygen atoms in total. The Morgan fingerprint density at radius 1 is 1.43 bits per heavy atom. The summed E-state index contributed by atoms with van der Waals surface area (Å²) in [6, 6.07) is 1.06. The van der Waals surface area contributed by atoms with Crippen molar-refractivity contribution >= 4 is 23.6 Å². The van der Waals surface area contributed by atoms with Crippen LogP contribution in [0.4, 0.5) is 10.5 Å². The Hall–Kier alpha value is -2.51. The van der Waals surface area contributed by atoms with Gasteiger partial charge in [0.2, 0.25) is 5.91 Å². The second kappa shape index (κ2) is 6.78. The zero-order valence-electron chi connectivity index (χ0n) is 12.5. The molecule has 0 aromatic carbocycles. The molecule has 1 atom stereocenters. The van der Waals surface area contributed by atoms with Crippen molar-refractivity contribution in [2.75, 3.05) is 26.0 Å². The van der Waals surface area contributed by atoms with Gasteiger partial charge in [0, 0.05) is 26.3 Å². The highest BCUT2D eigenvalue weighted by Gasteiger charge is 2.20. The number of urea groups is 1. The molecule has 1 aromatic heterocycles. The SMILES string of the molecule is CNC(=O)C(C)CN(C)C(=O)Nc1cc(C)[nH]c1C(=O)O.